The minimum Gasteiger partial charge on any atom is -0.302 e. The van der Waals surface area contributed by atoms with Crippen molar-refractivity contribution >= 4 is 18.0 Å². The van der Waals surface area contributed by atoms with E-state index in [1.165, 1.54) is 11.1 Å². The number of carbonyl (C=O) groups excluding carboxylic acids is 1. The average Bonchev–Trinajstić information content (AvgIpc) is 2.40. The van der Waals surface area contributed by atoms with E-state index in [1.807, 2.05) is 32.0 Å². The Balaban J connectivity index is 2.18. The summed E-state index contributed by atoms with van der Waals surface area (Å²) in [6.07, 6.45) is 0.989. The molecule has 2 aromatic rings. The van der Waals surface area contributed by atoms with Gasteiger partial charge in [-0.15, -0.1) is 11.8 Å². The van der Waals surface area contributed by atoms with Gasteiger partial charge >= 0.3 is 0 Å². The average molecular weight is 256 g/mol. The quantitative estimate of drug-likeness (QED) is 0.595. The highest BCUT2D eigenvalue weighted by Crippen LogP contribution is 2.32. The van der Waals surface area contributed by atoms with Gasteiger partial charge in [-0.1, -0.05) is 42.5 Å². The van der Waals surface area contributed by atoms with E-state index in [9.17, 15) is 4.79 Å². The zero-order valence-electron chi connectivity index (χ0n) is 10.6. The highest BCUT2D eigenvalue weighted by molar-refractivity contribution is 8.01. The molecule has 0 aliphatic carbocycles. The van der Waals surface area contributed by atoms with Crippen LogP contribution in [-0.2, 0) is 4.79 Å². The number of carbonyl (C=O) groups is 1. The summed E-state index contributed by atoms with van der Waals surface area (Å²) in [5, 5.41) is 0. The van der Waals surface area contributed by atoms with Crippen LogP contribution in [0.1, 0.15) is 13.8 Å². The topological polar surface area (TPSA) is 17.1 Å². The van der Waals surface area contributed by atoms with Gasteiger partial charge in [-0.05, 0) is 37.1 Å². The Labute approximate surface area is 112 Å². The molecule has 0 aliphatic rings. The molecule has 0 N–H and O–H groups in total. The minimum absolute atomic E-state index is 0.367. The van der Waals surface area contributed by atoms with Crippen LogP contribution in [0.25, 0.3) is 11.1 Å². The first kappa shape index (κ1) is 12.9. The van der Waals surface area contributed by atoms with Gasteiger partial charge in [0.2, 0.25) is 0 Å². The summed E-state index contributed by atoms with van der Waals surface area (Å²) in [6.45, 7) is 3.85. The maximum Gasteiger partial charge on any atom is 0.135 e. The fourth-order valence-electron chi connectivity index (χ4n) is 1.67. The summed E-state index contributed by atoms with van der Waals surface area (Å²) in [7, 11) is 0. The Morgan fingerprint density at radius 3 is 2.00 bits per heavy atom. The molecule has 0 saturated heterocycles. The van der Waals surface area contributed by atoms with Crippen molar-refractivity contribution in [2.75, 3.05) is 0 Å². The maximum atomic E-state index is 10.9. The van der Waals surface area contributed by atoms with Crippen LogP contribution in [-0.4, -0.2) is 11.0 Å². The van der Waals surface area contributed by atoms with Crippen molar-refractivity contribution < 1.29 is 4.79 Å². The molecule has 2 rings (SSSR count). The molecule has 0 atom stereocenters. The molecule has 2 aromatic carbocycles. The van der Waals surface area contributed by atoms with Crippen LogP contribution in [0.2, 0.25) is 0 Å². The standard InChI is InChI=1S/C16H16OS/c1-16(2,12-17)18-15-10-8-14(9-11-15)13-6-4-3-5-7-13/h3-12H,1-2H3. The second kappa shape index (κ2) is 5.40. The number of benzene rings is 2. The zero-order valence-corrected chi connectivity index (χ0v) is 11.4. The van der Waals surface area contributed by atoms with Gasteiger partial charge in [0.05, 0.1) is 4.75 Å². The summed E-state index contributed by atoms with van der Waals surface area (Å²) >= 11 is 1.58. The highest BCUT2D eigenvalue weighted by Gasteiger charge is 2.17. The lowest BCUT2D eigenvalue weighted by atomic mass is 10.1. The van der Waals surface area contributed by atoms with E-state index in [0.717, 1.165) is 11.2 Å². The first-order chi connectivity index (χ1) is 8.61. The van der Waals surface area contributed by atoms with Crippen molar-refractivity contribution in [2.45, 2.75) is 23.5 Å². The van der Waals surface area contributed by atoms with Gasteiger partial charge in [0.1, 0.15) is 6.29 Å². The lowest BCUT2D eigenvalue weighted by molar-refractivity contribution is -0.109. The van der Waals surface area contributed by atoms with Crippen molar-refractivity contribution in [1.29, 1.82) is 0 Å². The molecule has 0 fully saturated rings. The second-order valence-electron chi connectivity index (χ2n) is 4.71. The maximum absolute atomic E-state index is 10.9. The molecule has 0 unspecified atom stereocenters. The van der Waals surface area contributed by atoms with Crippen LogP contribution in [0.15, 0.2) is 59.5 Å². The largest absolute Gasteiger partial charge is 0.302 e. The SMILES string of the molecule is CC(C)(C=O)Sc1ccc(-c2ccccc2)cc1. The van der Waals surface area contributed by atoms with Gasteiger partial charge in [-0.25, -0.2) is 0 Å². The Kier molecular flexibility index (Phi) is 3.87. The van der Waals surface area contributed by atoms with Crippen LogP contribution < -0.4 is 0 Å². The molecule has 0 saturated carbocycles. The molecule has 0 aromatic heterocycles. The minimum atomic E-state index is -0.367. The third-order valence-corrected chi connectivity index (χ3v) is 3.76. The highest BCUT2D eigenvalue weighted by atomic mass is 32.2. The summed E-state index contributed by atoms with van der Waals surface area (Å²) in [5.41, 5.74) is 2.41. The van der Waals surface area contributed by atoms with Gasteiger partial charge in [-0.3, -0.25) is 0 Å². The molecular formula is C16H16OS. The number of thioether (sulfide) groups is 1. The molecule has 0 spiro atoms. The molecular weight excluding hydrogens is 240 g/mol. The van der Waals surface area contributed by atoms with Gasteiger partial charge in [-0.2, -0.15) is 0 Å². The number of hydrogen-bond donors (Lipinski definition) is 0. The van der Waals surface area contributed by atoms with E-state index >= 15 is 0 Å². The van der Waals surface area contributed by atoms with Crippen molar-refractivity contribution in [2.24, 2.45) is 0 Å². The third-order valence-electron chi connectivity index (χ3n) is 2.63. The van der Waals surface area contributed by atoms with Crippen LogP contribution >= 0.6 is 11.8 Å². The fraction of sp³-hybridized carbons (Fsp3) is 0.188. The molecule has 2 heteroatoms. The molecule has 0 heterocycles. The van der Waals surface area contributed by atoms with Crippen molar-refractivity contribution in [3.05, 3.63) is 54.6 Å². The van der Waals surface area contributed by atoms with Gasteiger partial charge < -0.3 is 4.79 Å². The molecule has 0 aliphatic heterocycles. The Morgan fingerprint density at radius 1 is 0.889 bits per heavy atom. The van der Waals surface area contributed by atoms with Crippen molar-refractivity contribution in [3.8, 4) is 11.1 Å². The van der Waals surface area contributed by atoms with E-state index in [0.29, 0.717) is 0 Å². The van der Waals surface area contributed by atoms with Gasteiger partial charge in [0.25, 0.3) is 0 Å². The van der Waals surface area contributed by atoms with E-state index in [2.05, 4.69) is 36.4 Å². The van der Waals surface area contributed by atoms with Crippen LogP contribution in [0, 0.1) is 0 Å². The van der Waals surface area contributed by atoms with E-state index in [4.69, 9.17) is 0 Å². The Hall–Kier alpha value is -1.54. The summed E-state index contributed by atoms with van der Waals surface area (Å²) < 4.78 is -0.367. The van der Waals surface area contributed by atoms with E-state index in [1.54, 1.807) is 11.8 Å². The van der Waals surface area contributed by atoms with Crippen molar-refractivity contribution in [1.82, 2.24) is 0 Å². The molecule has 18 heavy (non-hydrogen) atoms. The zero-order chi connectivity index (χ0) is 13.0. The number of hydrogen-bond acceptors (Lipinski definition) is 2. The predicted octanol–water partition coefficient (Wildman–Crippen LogP) is 4.42. The summed E-state index contributed by atoms with van der Waals surface area (Å²) in [6, 6.07) is 18.6. The summed E-state index contributed by atoms with van der Waals surface area (Å²) in [5.74, 6) is 0. The molecule has 0 bridgehead atoms. The van der Waals surface area contributed by atoms with Gasteiger partial charge in [0.15, 0.2) is 0 Å². The lowest BCUT2D eigenvalue weighted by Gasteiger charge is -2.16. The van der Waals surface area contributed by atoms with E-state index < -0.39 is 0 Å². The van der Waals surface area contributed by atoms with Crippen molar-refractivity contribution in [3.63, 3.8) is 0 Å². The number of rotatable bonds is 4. The molecule has 92 valence electrons. The second-order valence-corrected chi connectivity index (χ2v) is 6.44. The summed E-state index contributed by atoms with van der Waals surface area (Å²) in [4.78, 5) is 12.0. The molecule has 1 nitrogen and oxygen atoms in total. The first-order valence-corrected chi connectivity index (χ1v) is 6.73. The Morgan fingerprint density at radius 2 is 1.44 bits per heavy atom. The lowest BCUT2D eigenvalue weighted by Crippen LogP contribution is -2.15. The third kappa shape index (κ3) is 3.23. The number of aldehydes is 1. The van der Waals surface area contributed by atoms with Crippen LogP contribution in [0.3, 0.4) is 0 Å². The normalized spacial score (nSPS) is 11.2. The van der Waals surface area contributed by atoms with Crippen LogP contribution in [0.4, 0.5) is 0 Å². The first-order valence-electron chi connectivity index (χ1n) is 5.91. The predicted molar refractivity (Wildman–Crippen MR) is 77.9 cm³/mol. The fourth-order valence-corrected chi connectivity index (χ4v) is 2.60. The van der Waals surface area contributed by atoms with E-state index in [-0.39, 0.29) is 4.75 Å². The van der Waals surface area contributed by atoms with Gasteiger partial charge in [0, 0.05) is 4.90 Å². The smallest absolute Gasteiger partial charge is 0.135 e. The van der Waals surface area contributed by atoms with Crippen LogP contribution in [0.5, 0.6) is 0 Å². The Bertz CT molecular complexity index is 515. The molecule has 0 radical (unpaired) electrons. The molecule has 0 amide bonds. The monoisotopic (exact) mass is 256 g/mol.